The number of hydrogen-bond acceptors (Lipinski definition) is 3. The monoisotopic (exact) mass is 354 g/mol. The van der Waals surface area contributed by atoms with E-state index in [1.807, 2.05) is 58.0 Å². The van der Waals surface area contributed by atoms with Crippen LogP contribution in [0.15, 0.2) is 30.3 Å². The molecule has 1 aromatic heterocycles. The molecule has 2 heterocycles. The lowest BCUT2D eigenvalue weighted by molar-refractivity contribution is -0.126. The van der Waals surface area contributed by atoms with Crippen LogP contribution in [0.3, 0.4) is 0 Å². The van der Waals surface area contributed by atoms with Gasteiger partial charge in [-0.05, 0) is 58.7 Å². The molecule has 5 nitrogen and oxygen atoms in total. The number of anilines is 1. The summed E-state index contributed by atoms with van der Waals surface area (Å²) in [6.07, 6.45) is -0.0129. The summed E-state index contributed by atoms with van der Waals surface area (Å²) in [6.45, 7) is 10.4. The van der Waals surface area contributed by atoms with Crippen molar-refractivity contribution in [3.8, 4) is 0 Å². The average Bonchev–Trinajstić information content (AvgIpc) is 3.09. The maximum atomic E-state index is 12.9. The highest BCUT2D eigenvalue weighted by molar-refractivity contribution is 6.01. The van der Waals surface area contributed by atoms with Crippen molar-refractivity contribution in [2.75, 3.05) is 4.90 Å². The molecule has 1 aliphatic heterocycles. The van der Waals surface area contributed by atoms with Crippen LogP contribution in [-0.2, 0) is 22.5 Å². The first-order valence-electron chi connectivity index (χ1n) is 9.13. The minimum Gasteiger partial charge on any atom is -0.449 e. The number of amides is 1. The normalized spacial score (nSPS) is 17.1. The van der Waals surface area contributed by atoms with Crippen LogP contribution in [0.5, 0.6) is 0 Å². The summed E-state index contributed by atoms with van der Waals surface area (Å²) in [7, 11) is 0. The number of aromatic nitrogens is 1. The first-order valence-corrected chi connectivity index (χ1v) is 9.13. The van der Waals surface area contributed by atoms with Gasteiger partial charge in [-0.2, -0.15) is 0 Å². The van der Waals surface area contributed by atoms with E-state index in [1.165, 1.54) is 0 Å². The molecule has 0 N–H and O–H groups in total. The van der Waals surface area contributed by atoms with E-state index in [9.17, 15) is 9.59 Å². The SMILES string of the molecule is CCn1c(C)cc(C(=O)O[C@@H](C)C(=O)N2c3ccccc3C[C@@H]2C)c1C. The number of fused-ring (bicyclic) bond motifs is 1. The van der Waals surface area contributed by atoms with Crippen molar-refractivity contribution in [3.63, 3.8) is 0 Å². The predicted octanol–water partition coefficient (Wildman–Crippen LogP) is 3.65. The molecule has 0 saturated heterocycles. The third-order valence-electron chi connectivity index (χ3n) is 5.19. The minimum atomic E-state index is -0.833. The van der Waals surface area contributed by atoms with E-state index in [0.29, 0.717) is 5.56 Å². The third-order valence-corrected chi connectivity index (χ3v) is 5.19. The van der Waals surface area contributed by atoms with Gasteiger partial charge in [-0.1, -0.05) is 18.2 Å². The van der Waals surface area contributed by atoms with E-state index >= 15 is 0 Å². The molecular formula is C21H26N2O3. The second-order valence-corrected chi connectivity index (χ2v) is 6.97. The number of ether oxygens (including phenoxy) is 1. The first kappa shape index (κ1) is 18.2. The number of nitrogens with zero attached hydrogens (tertiary/aromatic N) is 2. The van der Waals surface area contributed by atoms with E-state index in [0.717, 1.165) is 35.6 Å². The Morgan fingerprint density at radius 3 is 2.62 bits per heavy atom. The van der Waals surface area contributed by atoms with Crippen molar-refractivity contribution in [3.05, 3.63) is 52.8 Å². The summed E-state index contributed by atoms with van der Waals surface area (Å²) < 4.78 is 7.58. The van der Waals surface area contributed by atoms with Crippen LogP contribution in [0, 0.1) is 13.8 Å². The number of aryl methyl sites for hydroxylation is 1. The first-order chi connectivity index (χ1) is 12.3. The Morgan fingerprint density at radius 2 is 1.96 bits per heavy atom. The fourth-order valence-corrected chi connectivity index (χ4v) is 3.87. The van der Waals surface area contributed by atoms with Crippen molar-refractivity contribution < 1.29 is 14.3 Å². The quantitative estimate of drug-likeness (QED) is 0.788. The Morgan fingerprint density at radius 1 is 1.27 bits per heavy atom. The van der Waals surface area contributed by atoms with Crippen molar-refractivity contribution in [1.82, 2.24) is 4.57 Å². The van der Waals surface area contributed by atoms with Gasteiger partial charge in [0.25, 0.3) is 5.91 Å². The molecule has 138 valence electrons. The van der Waals surface area contributed by atoms with Gasteiger partial charge in [-0.15, -0.1) is 0 Å². The van der Waals surface area contributed by atoms with E-state index < -0.39 is 12.1 Å². The summed E-state index contributed by atoms with van der Waals surface area (Å²) >= 11 is 0. The van der Waals surface area contributed by atoms with E-state index in [2.05, 4.69) is 4.57 Å². The molecule has 3 rings (SSSR count). The largest absolute Gasteiger partial charge is 0.449 e. The Kier molecular flexibility index (Phi) is 4.90. The number of para-hydroxylation sites is 1. The number of carbonyl (C=O) groups excluding carboxylic acids is 2. The Bertz CT molecular complexity index is 853. The highest BCUT2D eigenvalue weighted by Crippen LogP contribution is 2.32. The third kappa shape index (κ3) is 3.02. The summed E-state index contributed by atoms with van der Waals surface area (Å²) in [5.74, 6) is -0.626. The van der Waals surface area contributed by atoms with E-state index in [4.69, 9.17) is 4.74 Å². The van der Waals surface area contributed by atoms with E-state index in [-0.39, 0.29) is 11.9 Å². The maximum absolute atomic E-state index is 12.9. The molecule has 0 bridgehead atoms. The van der Waals surface area contributed by atoms with Gasteiger partial charge in [-0.25, -0.2) is 4.79 Å². The summed E-state index contributed by atoms with van der Waals surface area (Å²) in [5, 5.41) is 0. The zero-order chi connectivity index (χ0) is 19.0. The van der Waals surface area contributed by atoms with Gasteiger partial charge < -0.3 is 14.2 Å². The Hall–Kier alpha value is -2.56. The van der Waals surface area contributed by atoms with Crippen LogP contribution in [-0.4, -0.2) is 28.6 Å². The molecule has 0 radical (unpaired) electrons. The molecular weight excluding hydrogens is 328 g/mol. The summed E-state index contributed by atoms with van der Waals surface area (Å²) in [4.78, 5) is 27.3. The van der Waals surface area contributed by atoms with Crippen LogP contribution in [0.2, 0.25) is 0 Å². The zero-order valence-corrected chi connectivity index (χ0v) is 16.1. The van der Waals surface area contributed by atoms with Crippen LogP contribution in [0.25, 0.3) is 0 Å². The van der Waals surface area contributed by atoms with E-state index in [1.54, 1.807) is 11.8 Å². The number of hydrogen-bond donors (Lipinski definition) is 0. The van der Waals surface area contributed by atoms with Crippen LogP contribution >= 0.6 is 0 Å². The number of benzene rings is 1. The molecule has 0 fully saturated rings. The van der Waals surface area contributed by atoms with Gasteiger partial charge >= 0.3 is 5.97 Å². The Labute approximate surface area is 154 Å². The van der Waals surface area contributed by atoms with Gasteiger partial charge in [0.1, 0.15) is 0 Å². The minimum absolute atomic E-state index is 0.0613. The molecule has 1 aliphatic rings. The second-order valence-electron chi connectivity index (χ2n) is 6.97. The molecule has 0 unspecified atom stereocenters. The maximum Gasteiger partial charge on any atom is 0.340 e. The summed E-state index contributed by atoms with van der Waals surface area (Å²) in [5.41, 5.74) is 4.47. The summed E-state index contributed by atoms with van der Waals surface area (Å²) in [6, 6.07) is 9.77. The number of carbonyl (C=O) groups is 2. The standard InChI is InChI=1S/C21H26N2O3/c1-6-22-13(2)12-18(15(22)4)21(25)26-16(5)20(24)23-14(3)11-17-9-7-8-10-19(17)23/h7-10,12,14,16H,6,11H2,1-5H3/t14-,16-/m0/s1. The van der Waals surface area contributed by atoms with Crippen LogP contribution < -0.4 is 4.90 Å². The molecule has 1 aromatic carbocycles. The number of rotatable bonds is 4. The topological polar surface area (TPSA) is 51.5 Å². The molecule has 0 saturated carbocycles. The Balaban J connectivity index is 1.77. The van der Waals surface area contributed by atoms with Gasteiger partial charge in [0.15, 0.2) is 6.10 Å². The van der Waals surface area contributed by atoms with Gasteiger partial charge in [0.05, 0.1) is 5.56 Å². The fraction of sp³-hybridized carbons (Fsp3) is 0.429. The molecule has 1 amide bonds. The fourth-order valence-electron chi connectivity index (χ4n) is 3.87. The zero-order valence-electron chi connectivity index (χ0n) is 16.1. The van der Waals surface area contributed by atoms with Gasteiger partial charge in [0, 0.05) is 29.7 Å². The molecule has 0 spiro atoms. The number of esters is 1. The molecule has 0 aliphatic carbocycles. The predicted molar refractivity (Wildman–Crippen MR) is 102 cm³/mol. The molecule has 5 heteroatoms. The smallest absolute Gasteiger partial charge is 0.340 e. The highest BCUT2D eigenvalue weighted by atomic mass is 16.5. The lowest BCUT2D eigenvalue weighted by Gasteiger charge is -2.25. The van der Waals surface area contributed by atoms with Crippen molar-refractivity contribution in [2.45, 2.75) is 59.7 Å². The lowest BCUT2D eigenvalue weighted by Crippen LogP contribution is -2.43. The van der Waals surface area contributed by atoms with Crippen molar-refractivity contribution >= 4 is 17.6 Å². The average molecular weight is 354 g/mol. The highest BCUT2D eigenvalue weighted by Gasteiger charge is 2.34. The van der Waals surface area contributed by atoms with Crippen molar-refractivity contribution in [1.29, 1.82) is 0 Å². The molecule has 2 atom stereocenters. The van der Waals surface area contributed by atoms with Crippen LogP contribution in [0.1, 0.15) is 48.1 Å². The lowest BCUT2D eigenvalue weighted by atomic mass is 10.1. The molecule has 26 heavy (non-hydrogen) atoms. The molecule has 2 aromatic rings. The van der Waals surface area contributed by atoms with Crippen molar-refractivity contribution in [2.24, 2.45) is 0 Å². The van der Waals surface area contributed by atoms with Crippen LogP contribution in [0.4, 0.5) is 5.69 Å². The van der Waals surface area contributed by atoms with Gasteiger partial charge in [-0.3, -0.25) is 4.79 Å². The van der Waals surface area contributed by atoms with Gasteiger partial charge in [0.2, 0.25) is 0 Å². The second kappa shape index (κ2) is 6.98.